The molecule has 3 aromatic rings. The number of nitrogens with one attached hydrogen (secondary N) is 1. The van der Waals surface area contributed by atoms with Gasteiger partial charge in [-0.15, -0.1) is 0 Å². The average molecular weight is 294 g/mol. The summed E-state index contributed by atoms with van der Waals surface area (Å²) in [6.07, 6.45) is 3.89. The zero-order valence-electron chi connectivity index (χ0n) is 11.8. The fraction of sp³-hybridized carbons (Fsp3) is 0.188. The van der Waals surface area contributed by atoms with E-state index in [2.05, 4.69) is 15.1 Å². The highest BCUT2D eigenvalue weighted by Gasteiger charge is 2.26. The van der Waals surface area contributed by atoms with Gasteiger partial charge in [0.15, 0.2) is 0 Å². The molecule has 0 fully saturated rings. The second kappa shape index (κ2) is 5.14. The molecule has 0 unspecified atom stereocenters. The van der Waals surface area contributed by atoms with E-state index in [0.29, 0.717) is 30.9 Å². The fourth-order valence-electron chi connectivity index (χ4n) is 2.74. The van der Waals surface area contributed by atoms with E-state index >= 15 is 0 Å². The molecule has 1 amide bonds. The minimum Gasteiger partial charge on any atom is -0.364 e. The van der Waals surface area contributed by atoms with Gasteiger partial charge in [-0.2, -0.15) is 0 Å². The highest BCUT2D eigenvalue weighted by atomic mass is 16.5. The number of amides is 1. The quantitative estimate of drug-likeness (QED) is 0.786. The standard InChI is InChI=1S/C16H14N4O2/c21-16(20-7-6-13-12(8-20)9-22-19-13)15-14(17-10-18-15)11-4-2-1-3-5-11/h1-5,9-10H,6-8H2,(H,17,18). The summed E-state index contributed by atoms with van der Waals surface area (Å²) in [5.41, 5.74) is 4.04. The van der Waals surface area contributed by atoms with E-state index < -0.39 is 0 Å². The Kier molecular flexibility index (Phi) is 3.00. The molecule has 22 heavy (non-hydrogen) atoms. The van der Waals surface area contributed by atoms with Gasteiger partial charge in [0.1, 0.15) is 17.7 Å². The van der Waals surface area contributed by atoms with Gasteiger partial charge in [0.25, 0.3) is 5.91 Å². The van der Waals surface area contributed by atoms with E-state index in [-0.39, 0.29) is 5.91 Å². The third-order valence-electron chi connectivity index (χ3n) is 3.90. The number of imidazole rings is 1. The maximum Gasteiger partial charge on any atom is 0.272 e. The maximum absolute atomic E-state index is 12.8. The highest BCUT2D eigenvalue weighted by Crippen LogP contribution is 2.24. The molecule has 3 heterocycles. The monoisotopic (exact) mass is 294 g/mol. The van der Waals surface area contributed by atoms with Crippen molar-refractivity contribution in [1.82, 2.24) is 20.0 Å². The molecule has 0 bridgehead atoms. The van der Waals surface area contributed by atoms with Crippen LogP contribution in [0, 0.1) is 0 Å². The molecule has 4 rings (SSSR count). The second-order valence-electron chi connectivity index (χ2n) is 5.26. The first-order valence-electron chi connectivity index (χ1n) is 7.13. The van der Waals surface area contributed by atoms with Crippen LogP contribution >= 0.6 is 0 Å². The van der Waals surface area contributed by atoms with E-state index in [1.807, 2.05) is 30.3 Å². The molecule has 0 atom stereocenters. The molecule has 110 valence electrons. The third kappa shape index (κ3) is 2.09. The van der Waals surface area contributed by atoms with Gasteiger partial charge in [0.05, 0.1) is 18.6 Å². The molecular formula is C16H14N4O2. The van der Waals surface area contributed by atoms with Crippen molar-refractivity contribution in [3.63, 3.8) is 0 Å². The number of carbonyl (C=O) groups excluding carboxylic acids is 1. The number of rotatable bonds is 2. The normalized spacial score (nSPS) is 13.9. The van der Waals surface area contributed by atoms with Crippen molar-refractivity contribution >= 4 is 5.91 Å². The van der Waals surface area contributed by atoms with E-state index in [9.17, 15) is 4.79 Å². The van der Waals surface area contributed by atoms with Crippen LogP contribution in [-0.4, -0.2) is 32.5 Å². The number of hydrogen-bond acceptors (Lipinski definition) is 4. The molecule has 2 aromatic heterocycles. The molecule has 0 spiro atoms. The van der Waals surface area contributed by atoms with Gasteiger partial charge in [-0.1, -0.05) is 35.5 Å². The van der Waals surface area contributed by atoms with Gasteiger partial charge in [-0.3, -0.25) is 4.79 Å². The van der Waals surface area contributed by atoms with Crippen molar-refractivity contribution in [3.05, 3.63) is 59.9 Å². The fourth-order valence-corrected chi connectivity index (χ4v) is 2.74. The number of fused-ring (bicyclic) bond motifs is 1. The Morgan fingerprint density at radius 3 is 3.00 bits per heavy atom. The molecule has 1 aliphatic heterocycles. The molecule has 1 N–H and O–H groups in total. The Bertz CT molecular complexity index is 806. The van der Waals surface area contributed by atoms with E-state index in [4.69, 9.17) is 4.52 Å². The summed E-state index contributed by atoms with van der Waals surface area (Å²) in [6.45, 7) is 1.15. The van der Waals surface area contributed by atoms with Crippen LogP contribution in [0.5, 0.6) is 0 Å². The number of aromatic nitrogens is 3. The van der Waals surface area contributed by atoms with E-state index in [1.54, 1.807) is 17.5 Å². The van der Waals surface area contributed by atoms with Crippen molar-refractivity contribution < 1.29 is 9.32 Å². The van der Waals surface area contributed by atoms with Crippen LogP contribution < -0.4 is 0 Å². The largest absolute Gasteiger partial charge is 0.364 e. The Morgan fingerprint density at radius 2 is 2.14 bits per heavy atom. The summed E-state index contributed by atoms with van der Waals surface area (Å²) in [5, 5.41) is 3.95. The summed E-state index contributed by atoms with van der Waals surface area (Å²) in [5.74, 6) is -0.0526. The lowest BCUT2D eigenvalue weighted by Crippen LogP contribution is -2.36. The second-order valence-corrected chi connectivity index (χ2v) is 5.26. The van der Waals surface area contributed by atoms with Crippen molar-refractivity contribution in [2.45, 2.75) is 13.0 Å². The molecule has 1 aliphatic rings. The van der Waals surface area contributed by atoms with E-state index in [0.717, 1.165) is 16.8 Å². The summed E-state index contributed by atoms with van der Waals surface area (Å²) >= 11 is 0. The van der Waals surface area contributed by atoms with Gasteiger partial charge in [-0.05, 0) is 0 Å². The van der Waals surface area contributed by atoms with Gasteiger partial charge in [0.2, 0.25) is 0 Å². The molecule has 0 aliphatic carbocycles. The van der Waals surface area contributed by atoms with Crippen molar-refractivity contribution in [2.75, 3.05) is 6.54 Å². The minimum atomic E-state index is -0.0526. The number of nitrogens with zero attached hydrogens (tertiary/aromatic N) is 3. The predicted octanol–water partition coefficient (Wildman–Crippen LogP) is 2.26. The van der Waals surface area contributed by atoms with Crippen LogP contribution in [-0.2, 0) is 13.0 Å². The van der Waals surface area contributed by atoms with Crippen LogP contribution in [0.25, 0.3) is 11.3 Å². The topological polar surface area (TPSA) is 75.0 Å². The first-order chi connectivity index (χ1) is 10.8. The number of hydrogen-bond donors (Lipinski definition) is 1. The SMILES string of the molecule is O=C(c1[nH]cnc1-c1ccccc1)N1CCc2nocc2C1. The Morgan fingerprint density at radius 1 is 1.27 bits per heavy atom. The average Bonchev–Trinajstić information content (AvgIpc) is 3.23. The van der Waals surface area contributed by atoms with Crippen molar-refractivity contribution in [1.29, 1.82) is 0 Å². The zero-order chi connectivity index (χ0) is 14.9. The first-order valence-corrected chi connectivity index (χ1v) is 7.13. The summed E-state index contributed by atoms with van der Waals surface area (Å²) < 4.78 is 4.97. The van der Waals surface area contributed by atoms with Crippen LogP contribution in [0.4, 0.5) is 0 Å². The van der Waals surface area contributed by atoms with Crippen LogP contribution in [0.1, 0.15) is 21.7 Å². The van der Waals surface area contributed by atoms with Crippen LogP contribution in [0.15, 0.2) is 47.4 Å². The summed E-state index contributed by atoms with van der Waals surface area (Å²) in [6, 6.07) is 9.70. The maximum atomic E-state index is 12.8. The van der Waals surface area contributed by atoms with E-state index in [1.165, 1.54) is 0 Å². The van der Waals surface area contributed by atoms with Crippen LogP contribution in [0.3, 0.4) is 0 Å². The predicted molar refractivity (Wildman–Crippen MR) is 79.0 cm³/mol. The minimum absolute atomic E-state index is 0.0526. The summed E-state index contributed by atoms with van der Waals surface area (Å²) in [7, 11) is 0. The molecule has 0 saturated carbocycles. The van der Waals surface area contributed by atoms with Gasteiger partial charge >= 0.3 is 0 Å². The highest BCUT2D eigenvalue weighted by molar-refractivity contribution is 5.98. The number of aromatic amines is 1. The molecular weight excluding hydrogens is 280 g/mol. The lowest BCUT2D eigenvalue weighted by Gasteiger charge is -2.25. The molecule has 0 saturated heterocycles. The smallest absolute Gasteiger partial charge is 0.272 e. The Hall–Kier alpha value is -2.89. The molecule has 1 aromatic carbocycles. The number of benzene rings is 1. The third-order valence-corrected chi connectivity index (χ3v) is 3.90. The Labute approximate surface area is 126 Å². The van der Waals surface area contributed by atoms with Gasteiger partial charge in [-0.25, -0.2) is 4.98 Å². The molecule has 6 heteroatoms. The van der Waals surface area contributed by atoms with Gasteiger partial charge < -0.3 is 14.4 Å². The Balaban J connectivity index is 1.64. The molecule has 0 radical (unpaired) electrons. The van der Waals surface area contributed by atoms with Crippen LogP contribution in [0.2, 0.25) is 0 Å². The van der Waals surface area contributed by atoms with Crippen molar-refractivity contribution in [2.24, 2.45) is 0 Å². The molecule has 6 nitrogen and oxygen atoms in total. The number of H-pyrrole nitrogens is 1. The lowest BCUT2D eigenvalue weighted by molar-refractivity contribution is 0.0730. The zero-order valence-corrected chi connectivity index (χ0v) is 11.8. The first kappa shape index (κ1) is 12.8. The number of carbonyl (C=O) groups is 1. The summed E-state index contributed by atoms with van der Waals surface area (Å²) in [4.78, 5) is 21.9. The van der Waals surface area contributed by atoms with Gasteiger partial charge in [0, 0.05) is 24.1 Å². The lowest BCUT2D eigenvalue weighted by atomic mass is 10.1. The van der Waals surface area contributed by atoms with Crippen molar-refractivity contribution in [3.8, 4) is 11.3 Å².